The highest BCUT2D eigenvalue weighted by Gasteiger charge is 2.22. The summed E-state index contributed by atoms with van der Waals surface area (Å²) in [6.07, 6.45) is 8.71. The van der Waals surface area contributed by atoms with Crippen LogP contribution in [0.3, 0.4) is 0 Å². The quantitative estimate of drug-likeness (QED) is 0.537. The lowest BCUT2D eigenvalue weighted by molar-refractivity contribution is 0.102. The molecule has 0 aliphatic carbocycles. The van der Waals surface area contributed by atoms with Crippen LogP contribution in [0, 0.1) is 0 Å². The first kappa shape index (κ1) is 17.4. The largest absolute Gasteiger partial charge is 0.389 e. The van der Waals surface area contributed by atoms with Gasteiger partial charge in [-0.2, -0.15) is 5.10 Å². The van der Waals surface area contributed by atoms with E-state index in [0.29, 0.717) is 15.7 Å². The average Bonchev–Trinajstić information content (AvgIpc) is 3.31. The minimum absolute atomic E-state index is 0.127. The van der Waals surface area contributed by atoms with Gasteiger partial charge in [-0.25, -0.2) is 4.98 Å². The second-order valence-electron chi connectivity index (χ2n) is 6.41. The minimum Gasteiger partial charge on any atom is -0.389 e. The number of piperidine rings is 1. The number of aromatic nitrogens is 4. The van der Waals surface area contributed by atoms with Gasteiger partial charge in [0, 0.05) is 37.1 Å². The lowest BCUT2D eigenvalue weighted by atomic mass is 10.1. The summed E-state index contributed by atoms with van der Waals surface area (Å²) in [5.41, 5.74) is 14.6. The maximum atomic E-state index is 12.8. The predicted molar refractivity (Wildman–Crippen MR) is 106 cm³/mol. The summed E-state index contributed by atoms with van der Waals surface area (Å²) >= 11 is 1.25. The summed E-state index contributed by atoms with van der Waals surface area (Å²) in [5, 5.41) is 10.5. The van der Waals surface area contributed by atoms with Gasteiger partial charge in [-0.05, 0) is 18.9 Å². The number of nitrogens with two attached hydrogens (primary N) is 2. The zero-order chi connectivity index (χ0) is 18.8. The molecule has 1 aliphatic heterocycles. The van der Waals surface area contributed by atoms with Crippen LogP contribution in [0.5, 0.6) is 0 Å². The van der Waals surface area contributed by atoms with Crippen LogP contribution in [0.1, 0.15) is 23.3 Å². The van der Waals surface area contributed by atoms with Gasteiger partial charge in [0.25, 0.3) is 5.91 Å². The zero-order valence-electron chi connectivity index (χ0n) is 14.6. The second-order valence-corrected chi connectivity index (χ2v) is 7.44. The molecule has 9 nitrogen and oxygen atoms in total. The summed E-state index contributed by atoms with van der Waals surface area (Å²) < 4.78 is 0. The van der Waals surface area contributed by atoms with E-state index in [1.165, 1.54) is 11.3 Å². The lowest BCUT2D eigenvalue weighted by Crippen LogP contribution is -2.43. The molecule has 0 aromatic carbocycles. The van der Waals surface area contributed by atoms with Crippen LogP contribution in [-0.4, -0.2) is 45.2 Å². The van der Waals surface area contributed by atoms with E-state index in [-0.39, 0.29) is 17.6 Å². The normalized spacial score (nSPS) is 17.1. The Kier molecular flexibility index (Phi) is 4.73. The number of carbonyl (C=O) groups excluding carboxylic acids is 1. The monoisotopic (exact) mass is 384 g/mol. The number of nitrogens with zero attached hydrogens (tertiary/aromatic N) is 4. The number of nitrogen functional groups attached to an aromatic ring is 1. The van der Waals surface area contributed by atoms with E-state index in [9.17, 15) is 4.79 Å². The molecule has 3 aromatic heterocycles. The third kappa shape index (κ3) is 3.62. The standard InChI is InChI=1S/C17H20N8OS/c18-11-2-1-5-25(9-11)13-3-4-20-8-12(13)23-16(26)14-15(19)27-17(24-14)10-6-21-22-7-10/h3-4,6-8,11H,1-2,5,9,18-19H2,(H,21,22)(H,23,26). The number of rotatable bonds is 4. The summed E-state index contributed by atoms with van der Waals surface area (Å²) in [5.74, 6) is -0.367. The molecule has 4 heterocycles. The molecule has 0 saturated carbocycles. The van der Waals surface area contributed by atoms with Gasteiger partial charge in [-0.1, -0.05) is 11.3 Å². The molecule has 6 N–H and O–H groups in total. The Hall–Kier alpha value is -2.98. The van der Waals surface area contributed by atoms with E-state index < -0.39 is 0 Å². The van der Waals surface area contributed by atoms with Crippen molar-refractivity contribution in [2.24, 2.45) is 5.73 Å². The fourth-order valence-electron chi connectivity index (χ4n) is 3.16. The lowest BCUT2D eigenvalue weighted by Gasteiger charge is -2.33. The number of hydrogen-bond donors (Lipinski definition) is 4. The summed E-state index contributed by atoms with van der Waals surface area (Å²) in [7, 11) is 0. The Balaban J connectivity index is 1.57. The first-order valence-electron chi connectivity index (χ1n) is 8.63. The van der Waals surface area contributed by atoms with Crippen LogP contribution < -0.4 is 21.7 Å². The van der Waals surface area contributed by atoms with Crippen LogP contribution in [0.4, 0.5) is 16.4 Å². The number of pyridine rings is 1. The third-order valence-corrected chi connectivity index (χ3v) is 5.39. The van der Waals surface area contributed by atoms with Crippen LogP contribution in [0.2, 0.25) is 0 Å². The van der Waals surface area contributed by atoms with Gasteiger partial charge in [0.1, 0.15) is 10.0 Å². The van der Waals surface area contributed by atoms with Gasteiger partial charge in [0.2, 0.25) is 0 Å². The summed E-state index contributed by atoms with van der Waals surface area (Å²) in [6, 6.07) is 2.01. The van der Waals surface area contributed by atoms with E-state index in [1.54, 1.807) is 24.8 Å². The number of nitrogens with one attached hydrogen (secondary N) is 2. The average molecular weight is 384 g/mol. The molecule has 0 radical (unpaired) electrons. The smallest absolute Gasteiger partial charge is 0.277 e. The second kappa shape index (κ2) is 7.33. The molecule has 3 aromatic rings. The molecule has 1 atom stereocenters. The van der Waals surface area contributed by atoms with Crippen molar-refractivity contribution < 1.29 is 4.79 Å². The Morgan fingerprint density at radius 1 is 1.41 bits per heavy atom. The van der Waals surface area contributed by atoms with Crippen LogP contribution in [0.15, 0.2) is 30.9 Å². The Labute approximate surface area is 159 Å². The fraction of sp³-hybridized carbons (Fsp3) is 0.294. The van der Waals surface area contributed by atoms with E-state index in [2.05, 4.69) is 30.4 Å². The highest BCUT2D eigenvalue weighted by molar-refractivity contribution is 7.19. The molecular formula is C17H20N8OS. The molecule has 1 amide bonds. The van der Waals surface area contributed by atoms with Crippen molar-refractivity contribution in [1.82, 2.24) is 20.2 Å². The molecule has 1 fully saturated rings. The molecule has 1 aliphatic rings. The van der Waals surface area contributed by atoms with E-state index in [0.717, 1.165) is 37.2 Å². The number of thiazole rings is 1. The highest BCUT2D eigenvalue weighted by Crippen LogP contribution is 2.31. The topological polar surface area (TPSA) is 139 Å². The Bertz CT molecular complexity index is 938. The number of aromatic amines is 1. The number of anilines is 3. The van der Waals surface area contributed by atoms with Gasteiger partial charge in [-0.3, -0.25) is 14.9 Å². The predicted octanol–water partition coefficient (Wildman–Crippen LogP) is 1.69. The van der Waals surface area contributed by atoms with Gasteiger partial charge in [0.15, 0.2) is 5.69 Å². The molecule has 10 heteroatoms. The number of amides is 1. The molecule has 4 rings (SSSR count). The Morgan fingerprint density at radius 2 is 2.30 bits per heavy atom. The number of hydrogen-bond acceptors (Lipinski definition) is 8. The van der Waals surface area contributed by atoms with Crippen molar-refractivity contribution in [3.63, 3.8) is 0 Å². The SMILES string of the molecule is Nc1sc(-c2cn[nH]c2)nc1C(=O)Nc1cnccc1N1CCCC(N)C1. The van der Waals surface area contributed by atoms with Gasteiger partial charge < -0.3 is 21.7 Å². The van der Waals surface area contributed by atoms with Crippen molar-refractivity contribution in [2.75, 3.05) is 29.0 Å². The van der Waals surface area contributed by atoms with E-state index in [4.69, 9.17) is 11.5 Å². The van der Waals surface area contributed by atoms with E-state index in [1.807, 2.05) is 6.07 Å². The van der Waals surface area contributed by atoms with E-state index >= 15 is 0 Å². The maximum absolute atomic E-state index is 12.8. The maximum Gasteiger partial charge on any atom is 0.277 e. The molecule has 1 unspecified atom stereocenters. The zero-order valence-corrected chi connectivity index (χ0v) is 15.4. The molecule has 0 spiro atoms. The first-order valence-corrected chi connectivity index (χ1v) is 9.45. The van der Waals surface area contributed by atoms with Crippen LogP contribution >= 0.6 is 11.3 Å². The van der Waals surface area contributed by atoms with Crippen molar-refractivity contribution >= 4 is 33.6 Å². The molecule has 140 valence electrons. The third-order valence-electron chi connectivity index (χ3n) is 4.46. The Morgan fingerprint density at radius 3 is 3.07 bits per heavy atom. The molecule has 27 heavy (non-hydrogen) atoms. The number of carbonyl (C=O) groups is 1. The van der Waals surface area contributed by atoms with Crippen molar-refractivity contribution in [3.8, 4) is 10.6 Å². The first-order chi connectivity index (χ1) is 13.1. The molecule has 1 saturated heterocycles. The van der Waals surface area contributed by atoms with Crippen LogP contribution in [-0.2, 0) is 0 Å². The van der Waals surface area contributed by atoms with Gasteiger partial charge >= 0.3 is 0 Å². The van der Waals surface area contributed by atoms with Gasteiger partial charge in [0.05, 0.1) is 23.8 Å². The fourth-order valence-corrected chi connectivity index (χ4v) is 3.97. The summed E-state index contributed by atoms with van der Waals surface area (Å²) in [6.45, 7) is 1.64. The van der Waals surface area contributed by atoms with Crippen molar-refractivity contribution in [3.05, 3.63) is 36.5 Å². The highest BCUT2D eigenvalue weighted by atomic mass is 32.1. The van der Waals surface area contributed by atoms with Gasteiger partial charge in [-0.15, -0.1) is 0 Å². The molecule has 0 bridgehead atoms. The summed E-state index contributed by atoms with van der Waals surface area (Å²) in [4.78, 5) is 23.5. The number of H-pyrrole nitrogens is 1. The minimum atomic E-state index is -0.367. The van der Waals surface area contributed by atoms with Crippen molar-refractivity contribution in [1.29, 1.82) is 0 Å². The van der Waals surface area contributed by atoms with Crippen LogP contribution in [0.25, 0.3) is 10.6 Å². The molecular weight excluding hydrogens is 364 g/mol. The van der Waals surface area contributed by atoms with Crippen molar-refractivity contribution in [2.45, 2.75) is 18.9 Å².